The first-order chi connectivity index (χ1) is 11.2. The van der Waals surface area contributed by atoms with Gasteiger partial charge in [-0.1, -0.05) is 24.1 Å². The van der Waals surface area contributed by atoms with Crippen molar-refractivity contribution >= 4 is 0 Å². The fraction of sp³-hybridized carbons (Fsp3) is 0.500. The van der Waals surface area contributed by atoms with Gasteiger partial charge in [0.05, 0.1) is 13.2 Å². The Morgan fingerprint density at radius 3 is 2.91 bits per heavy atom. The lowest BCUT2D eigenvalue weighted by atomic mass is 10.1. The number of likely N-dealkylation sites (tertiary alicyclic amines) is 1. The molecule has 0 saturated carbocycles. The highest BCUT2D eigenvalue weighted by molar-refractivity contribution is 5.41. The van der Waals surface area contributed by atoms with Gasteiger partial charge in [0.2, 0.25) is 0 Å². The molecule has 1 aromatic carbocycles. The first kappa shape index (κ1) is 15.9. The summed E-state index contributed by atoms with van der Waals surface area (Å²) in [5.74, 6) is 1.55. The van der Waals surface area contributed by atoms with Crippen LogP contribution in [-0.2, 0) is 6.54 Å². The number of aryl methyl sites for hydroxylation is 1. The number of rotatable bonds is 4. The Balaban J connectivity index is 1.82. The van der Waals surface area contributed by atoms with E-state index in [1.54, 1.807) is 13.2 Å². The number of aromatic hydroxyl groups is 1. The third-order valence-electron chi connectivity index (χ3n) is 4.48. The molecule has 23 heavy (non-hydrogen) atoms. The van der Waals surface area contributed by atoms with Gasteiger partial charge >= 0.3 is 0 Å². The monoisotopic (exact) mass is 316 g/mol. The van der Waals surface area contributed by atoms with Crippen LogP contribution >= 0.6 is 0 Å². The van der Waals surface area contributed by atoms with Crippen molar-refractivity contribution in [1.29, 1.82) is 0 Å². The molecule has 3 rings (SSSR count). The normalized spacial score (nSPS) is 19.5. The van der Waals surface area contributed by atoms with E-state index in [0.29, 0.717) is 5.75 Å². The van der Waals surface area contributed by atoms with Gasteiger partial charge in [-0.2, -0.15) is 0 Å². The maximum Gasteiger partial charge on any atom is 0.160 e. The first-order valence-corrected chi connectivity index (χ1v) is 8.20. The van der Waals surface area contributed by atoms with Gasteiger partial charge in [0.15, 0.2) is 11.5 Å². The van der Waals surface area contributed by atoms with E-state index < -0.39 is 0 Å². The van der Waals surface area contributed by atoms with E-state index in [0.717, 1.165) is 36.5 Å². The van der Waals surface area contributed by atoms with Crippen LogP contribution in [0.15, 0.2) is 28.8 Å². The number of hydrogen-bond donors (Lipinski definition) is 1. The van der Waals surface area contributed by atoms with Gasteiger partial charge < -0.3 is 14.4 Å². The van der Waals surface area contributed by atoms with Crippen molar-refractivity contribution in [3.05, 3.63) is 41.3 Å². The summed E-state index contributed by atoms with van der Waals surface area (Å²) in [5, 5.41) is 14.0. The van der Waals surface area contributed by atoms with Gasteiger partial charge in [-0.15, -0.1) is 0 Å². The lowest BCUT2D eigenvalue weighted by Crippen LogP contribution is -2.28. The summed E-state index contributed by atoms with van der Waals surface area (Å²) in [6, 6.07) is 7.88. The minimum atomic E-state index is 0.177. The zero-order valence-electron chi connectivity index (χ0n) is 13.8. The number of phenols is 1. The van der Waals surface area contributed by atoms with Gasteiger partial charge in [-0.25, -0.2) is 0 Å². The molecule has 5 nitrogen and oxygen atoms in total. The van der Waals surface area contributed by atoms with Gasteiger partial charge in [-0.3, -0.25) is 4.90 Å². The summed E-state index contributed by atoms with van der Waals surface area (Å²) in [6.45, 7) is 3.79. The summed E-state index contributed by atoms with van der Waals surface area (Å²) >= 11 is 0. The maximum atomic E-state index is 9.76. The van der Waals surface area contributed by atoms with Crippen LogP contribution in [-0.4, -0.2) is 28.8 Å². The fourth-order valence-electron chi connectivity index (χ4n) is 3.29. The molecule has 1 aliphatic heterocycles. The predicted molar refractivity (Wildman–Crippen MR) is 87.5 cm³/mol. The van der Waals surface area contributed by atoms with Crippen LogP contribution in [0.3, 0.4) is 0 Å². The Bertz CT molecular complexity index is 653. The maximum absolute atomic E-state index is 9.76. The molecule has 1 aromatic heterocycles. The van der Waals surface area contributed by atoms with Crippen molar-refractivity contribution in [2.75, 3.05) is 13.7 Å². The topological polar surface area (TPSA) is 58.7 Å². The molecular formula is C18H24N2O3. The molecule has 2 aromatic rings. The summed E-state index contributed by atoms with van der Waals surface area (Å²) < 4.78 is 10.5. The smallest absolute Gasteiger partial charge is 0.160 e. The van der Waals surface area contributed by atoms with Crippen molar-refractivity contribution < 1.29 is 14.4 Å². The third kappa shape index (κ3) is 3.67. The Morgan fingerprint density at radius 2 is 2.17 bits per heavy atom. The molecule has 0 amide bonds. The number of phenolic OH excluding ortho intramolecular Hbond substituents is 1. The lowest BCUT2D eigenvalue weighted by molar-refractivity contribution is 0.183. The zero-order chi connectivity index (χ0) is 16.2. The van der Waals surface area contributed by atoms with Gasteiger partial charge in [0.1, 0.15) is 11.5 Å². The van der Waals surface area contributed by atoms with Crippen molar-refractivity contribution in [3.63, 3.8) is 0 Å². The summed E-state index contributed by atoms with van der Waals surface area (Å²) in [7, 11) is 1.58. The van der Waals surface area contributed by atoms with Gasteiger partial charge in [0, 0.05) is 12.6 Å². The number of nitrogens with zero attached hydrogens (tertiary/aromatic N) is 2. The number of aromatic nitrogens is 1. The van der Waals surface area contributed by atoms with Crippen molar-refractivity contribution in [2.45, 2.75) is 45.2 Å². The van der Waals surface area contributed by atoms with E-state index in [1.165, 1.54) is 19.3 Å². The van der Waals surface area contributed by atoms with E-state index in [-0.39, 0.29) is 11.8 Å². The highest BCUT2D eigenvalue weighted by atomic mass is 16.5. The lowest BCUT2D eigenvalue weighted by Gasteiger charge is -2.28. The highest BCUT2D eigenvalue weighted by Gasteiger charge is 2.25. The molecule has 2 heterocycles. The average molecular weight is 316 g/mol. The molecule has 1 unspecified atom stereocenters. The largest absolute Gasteiger partial charge is 0.504 e. The van der Waals surface area contributed by atoms with E-state index in [1.807, 2.05) is 25.1 Å². The van der Waals surface area contributed by atoms with Crippen molar-refractivity contribution in [1.82, 2.24) is 10.1 Å². The SMILES string of the molecule is COc1cc(CN2CCCCCC2c2cc(C)on2)ccc1O. The molecule has 0 radical (unpaired) electrons. The molecule has 1 atom stereocenters. The Hall–Kier alpha value is -2.01. The standard InChI is InChI=1S/C18H24N2O3/c1-13-10-15(19-23-13)16-6-4-3-5-9-20(16)12-14-7-8-17(21)18(11-14)22-2/h7-8,10-11,16,21H,3-6,9,12H2,1-2H3. The minimum absolute atomic E-state index is 0.177. The quantitative estimate of drug-likeness (QED) is 0.929. The van der Waals surface area contributed by atoms with Gasteiger partial charge in [-0.05, 0) is 44.0 Å². The number of benzene rings is 1. The zero-order valence-corrected chi connectivity index (χ0v) is 13.8. The molecule has 0 spiro atoms. The molecule has 5 heteroatoms. The summed E-state index contributed by atoms with van der Waals surface area (Å²) in [4.78, 5) is 2.45. The number of ether oxygens (including phenoxy) is 1. The molecule has 1 aliphatic rings. The Morgan fingerprint density at radius 1 is 1.30 bits per heavy atom. The van der Waals surface area contributed by atoms with Crippen LogP contribution in [0.2, 0.25) is 0 Å². The van der Waals surface area contributed by atoms with Crippen LogP contribution in [0.1, 0.15) is 48.7 Å². The van der Waals surface area contributed by atoms with Crippen LogP contribution in [0.4, 0.5) is 0 Å². The molecule has 1 N–H and O–H groups in total. The molecule has 1 saturated heterocycles. The van der Waals surface area contributed by atoms with E-state index in [2.05, 4.69) is 10.1 Å². The predicted octanol–water partition coefficient (Wildman–Crippen LogP) is 3.81. The van der Waals surface area contributed by atoms with Crippen LogP contribution in [0.5, 0.6) is 11.5 Å². The minimum Gasteiger partial charge on any atom is -0.504 e. The first-order valence-electron chi connectivity index (χ1n) is 8.20. The molecule has 124 valence electrons. The van der Waals surface area contributed by atoms with Crippen molar-refractivity contribution in [2.24, 2.45) is 0 Å². The van der Waals surface area contributed by atoms with E-state index in [4.69, 9.17) is 9.26 Å². The van der Waals surface area contributed by atoms with E-state index in [9.17, 15) is 5.11 Å². The Labute approximate surface area is 136 Å². The molecular weight excluding hydrogens is 292 g/mol. The third-order valence-corrected chi connectivity index (χ3v) is 4.48. The summed E-state index contributed by atoms with van der Waals surface area (Å²) in [6.07, 6.45) is 4.76. The molecule has 0 bridgehead atoms. The molecule has 1 fully saturated rings. The Kier molecular flexibility index (Phi) is 4.86. The number of methoxy groups -OCH3 is 1. The highest BCUT2D eigenvalue weighted by Crippen LogP contribution is 2.33. The van der Waals surface area contributed by atoms with Crippen molar-refractivity contribution in [3.8, 4) is 11.5 Å². The summed E-state index contributed by atoms with van der Waals surface area (Å²) in [5.41, 5.74) is 2.15. The van der Waals surface area contributed by atoms with Crippen LogP contribution in [0, 0.1) is 6.92 Å². The second kappa shape index (κ2) is 7.04. The van der Waals surface area contributed by atoms with E-state index >= 15 is 0 Å². The average Bonchev–Trinajstić information content (AvgIpc) is 2.84. The molecule has 0 aliphatic carbocycles. The number of hydrogen-bond acceptors (Lipinski definition) is 5. The van der Waals surface area contributed by atoms with Crippen LogP contribution < -0.4 is 4.74 Å². The second-order valence-corrected chi connectivity index (χ2v) is 6.20. The second-order valence-electron chi connectivity index (χ2n) is 6.20. The van der Waals surface area contributed by atoms with Crippen LogP contribution in [0.25, 0.3) is 0 Å². The fourth-order valence-corrected chi connectivity index (χ4v) is 3.29. The van der Waals surface area contributed by atoms with Gasteiger partial charge in [0.25, 0.3) is 0 Å².